The predicted octanol–water partition coefficient (Wildman–Crippen LogP) is 6.35. The fourth-order valence-corrected chi connectivity index (χ4v) is 8.36. The highest BCUT2D eigenvalue weighted by atomic mass is 35.5. The van der Waals surface area contributed by atoms with Crippen molar-refractivity contribution in [1.29, 1.82) is 0 Å². The number of para-hydroxylation sites is 1. The van der Waals surface area contributed by atoms with Gasteiger partial charge in [-0.05, 0) is 87.1 Å². The first-order valence-corrected chi connectivity index (χ1v) is 18.1. The number of nitrogens with one attached hydrogen (secondary N) is 2. The number of nitrogens with two attached hydrogens (primary N) is 1. The molecule has 4 aromatic rings. The average Bonchev–Trinajstić information content (AvgIpc) is 3.58. The summed E-state index contributed by atoms with van der Waals surface area (Å²) in [5, 5.41) is 10.3. The molecule has 1 aromatic heterocycles. The number of aromatic nitrogens is 1. The minimum atomic E-state index is -4.16. The van der Waals surface area contributed by atoms with Crippen LogP contribution in [0.3, 0.4) is 0 Å². The van der Waals surface area contributed by atoms with Crippen LogP contribution in [0.2, 0.25) is 10.0 Å². The largest absolute Gasteiger partial charge is 0.487 e. The number of ether oxygens (including phenoxy) is 1. The number of unbranched alkanes of at least 4 members (excludes halogenated alkanes) is 1. The van der Waals surface area contributed by atoms with Gasteiger partial charge in [0.25, 0.3) is 5.91 Å². The summed E-state index contributed by atoms with van der Waals surface area (Å²) in [4.78, 5) is 30.0. The number of hydrogen-bond acceptors (Lipinski definition) is 8. The Hall–Kier alpha value is -3.65. The normalized spacial score (nSPS) is 14.5. The third-order valence-electron chi connectivity index (χ3n) is 8.34. The molecule has 1 saturated heterocycles. The maximum atomic E-state index is 13.9. The van der Waals surface area contributed by atoms with Crippen molar-refractivity contribution in [3.05, 3.63) is 98.7 Å². The fourth-order valence-electron chi connectivity index (χ4n) is 5.84. The quantitative estimate of drug-likeness (QED) is 0.0616. The van der Waals surface area contributed by atoms with Crippen LogP contribution in [0.5, 0.6) is 5.75 Å². The Bertz CT molecular complexity index is 2000. The van der Waals surface area contributed by atoms with Gasteiger partial charge in [-0.3, -0.25) is 9.59 Å². The van der Waals surface area contributed by atoms with Gasteiger partial charge >= 0.3 is 0 Å². The van der Waals surface area contributed by atoms with Gasteiger partial charge in [0.15, 0.2) is 0 Å². The van der Waals surface area contributed by atoms with Crippen LogP contribution in [-0.4, -0.2) is 61.4 Å². The molecule has 1 aliphatic rings. The van der Waals surface area contributed by atoms with Crippen LogP contribution in [0.1, 0.15) is 58.4 Å². The van der Waals surface area contributed by atoms with Gasteiger partial charge in [-0.1, -0.05) is 47.5 Å². The van der Waals surface area contributed by atoms with Crippen LogP contribution in [0.15, 0.2) is 70.7 Å². The lowest BCUT2D eigenvalue weighted by Crippen LogP contribution is -2.46. The summed E-state index contributed by atoms with van der Waals surface area (Å²) in [5.74, 6) is 5.08. The zero-order valence-electron chi connectivity index (χ0n) is 28.0. The monoisotopic (exact) mass is 796 g/mol. The number of carbonyl (C=O) groups excluding carboxylic acids is 2. The summed E-state index contributed by atoms with van der Waals surface area (Å²) in [6.45, 7) is 4.75. The zero-order valence-corrected chi connectivity index (χ0v) is 32.0. The van der Waals surface area contributed by atoms with E-state index in [9.17, 15) is 18.0 Å². The third-order valence-corrected chi connectivity index (χ3v) is 11.2. The molecule has 16 heteroatoms. The molecule has 274 valence electrons. The van der Waals surface area contributed by atoms with E-state index in [1.807, 2.05) is 32.0 Å². The summed E-state index contributed by atoms with van der Waals surface area (Å²) in [6.07, 6.45) is 3.61. The zero-order chi connectivity index (χ0) is 35.1. The molecule has 2 amide bonds. The van der Waals surface area contributed by atoms with E-state index in [0.29, 0.717) is 61.2 Å². The number of fused-ring (bicyclic) bond motifs is 1. The van der Waals surface area contributed by atoms with Crippen molar-refractivity contribution in [2.75, 3.05) is 19.6 Å². The third kappa shape index (κ3) is 9.82. The van der Waals surface area contributed by atoms with E-state index in [1.54, 1.807) is 30.3 Å². The lowest BCUT2D eigenvalue weighted by Gasteiger charge is -2.24. The summed E-state index contributed by atoms with van der Waals surface area (Å²) in [7, 11) is -4.16. The first kappa shape index (κ1) is 41.8. The number of pyridine rings is 1. The Morgan fingerprint density at radius 2 is 1.75 bits per heavy atom. The molecule has 4 N–H and O–H groups in total. The molecule has 0 unspecified atom stereocenters. The van der Waals surface area contributed by atoms with E-state index >= 15 is 0 Å². The molecule has 0 aliphatic carbocycles. The molecule has 0 saturated carbocycles. The van der Waals surface area contributed by atoms with Crippen molar-refractivity contribution in [2.45, 2.75) is 57.1 Å². The van der Waals surface area contributed by atoms with E-state index in [0.717, 1.165) is 22.2 Å². The van der Waals surface area contributed by atoms with Crippen molar-refractivity contribution in [3.8, 4) is 5.75 Å². The van der Waals surface area contributed by atoms with Crippen molar-refractivity contribution in [3.63, 3.8) is 0 Å². The Balaban J connectivity index is 0.00000351. The summed E-state index contributed by atoms with van der Waals surface area (Å²) in [5.41, 5.74) is 4.20. The van der Waals surface area contributed by atoms with E-state index < -0.39 is 16.1 Å². The van der Waals surface area contributed by atoms with Gasteiger partial charge < -0.3 is 21.2 Å². The molecule has 0 radical (unpaired) electrons. The van der Waals surface area contributed by atoms with Gasteiger partial charge in [0.05, 0.1) is 11.2 Å². The number of hydrazone groups is 1. The Morgan fingerprint density at radius 3 is 2.45 bits per heavy atom. The van der Waals surface area contributed by atoms with Gasteiger partial charge in [0, 0.05) is 46.9 Å². The van der Waals surface area contributed by atoms with Crippen molar-refractivity contribution >= 4 is 87.0 Å². The van der Waals surface area contributed by atoms with E-state index in [4.69, 9.17) is 33.8 Å². The second-order valence-corrected chi connectivity index (χ2v) is 14.4. The number of nitrogens with zero attached hydrogens (tertiary/aromatic N) is 3. The molecule has 3 aromatic carbocycles. The topological polar surface area (TPSA) is 156 Å². The van der Waals surface area contributed by atoms with E-state index in [1.165, 1.54) is 22.7 Å². The van der Waals surface area contributed by atoms with Gasteiger partial charge in [-0.25, -0.2) is 13.4 Å². The molecule has 11 nitrogen and oxygen atoms in total. The van der Waals surface area contributed by atoms with Crippen molar-refractivity contribution < 1.29 is 22.7 Å². The number of benzene rings is 3. The van der Waals surface area contributed by atoms with Crippen LogP contribution in [0, 0.1) is 13.8 Å². The van der Waals surface area contributed by atoms with E-state index in [2.05, 4.69) is 20.7 Å². The molecule has 1 aliphatic heterocycles. The molecule has 1 fully saturated rings. The number of sulfonamides is 1. The fraction of sp³-hybridized carbons (Fsp3) is 0.314. The molecule has 51 heavy (non-hydrogen) atoms. The first-order valence-electron chi connectivity index (χ1n) is 15.9. The summed E-state index contributed by atoms with van der Waals surface area (Å²) in [6, 6.07) is 16.4. The lowest BCUT2D eigenvalue weighted by molar-refractivity contribution is -0.124. The highest BCUT2D eigenvalue weighted by Gasteiger charge is 2.40. The molecule has 5 rings (SSSR count). The molecular weight excluding hydrogens is 758 g/mol. The van der Waals surface area contributed by atoms with Crippen LogP contribution in [-0.2, 0) is 21.4 Å². The summed E-state index contributed by atoms with van der Waals surface area (Å²) < 4.78 is 35.2. The Morgan fingerprint density at radius 1 is 1.04 bits per heavy atom. The minimum absolute atomic E-state index is 0. The minimum Gasteiger partial charge on any atom is -0.487 e. The lowest BCUT2D eigenvalue weighted by atomic mass is 10.1. The van der Waals surface area contributed by atoms with Crippen LogP contribution in [0.4, 0.5) is 0 Å². The number of hydrogen-bond donors (Lipinski definition) is 3. The average molecular weight is 799 g/mol. The molecule has 0 bridgehead atoms. The van der Waals surface area contributed by atoms with Crippen LogP contribution >= 0.6 is 48.0 Å². The second kappa shape index (κ2) is 18.7. The number of amides is 2. The molecule has 0 spiro atoms. The Kier molecular flexibility index (Phi) is 15.3. The second-order valence-electron chi connectivity index (χ2n) is 11.8. The number of carbonyl (C=O) groups is 2. The molecule has 1 atom stereocenters. The van der Waals surface area contributed by atoms with Crippen molar-refractivity contribution in [1.82, 2.24) is 19.9 Å². The number of aryl methyl sites for hydroxylation is 2. The van der Waals surface area contributed by atoms with Gasteiger partial charge in [-0.15, -0.1) is 24.8 Å². The van der Waals surface area contributed by atoms with Gasteiger partial charge in [-0.2, -0.15) is 9.41 Å². The van der Waals surface area contributed by atoms with Crippen LogP contribution in [0.25, 0.3) is 10.9 Å². The first-order chi connectivity index (χ1) is 23.5. The molecule has 2 heterocycles. The Labute approximate surface area is 320 Å². The van der Waals surface area contributed by atoms with Gasteiger partial charge in [0.2, 0.25) is 15.9 Å². The highest BCUT2D eigenvalue weighted by molar-refractivity contribution is 7.89. The maximum Gasteiger partial charge on any atom is 0.251 e. The summed E-state index contributed by atoms with van der Waals surface area (Å²) >= 11 is 13.2. The van der Waals surface area contributed by atoms with E-state index in [-0.39, 0.29) is 64.7 Å². The van der Waals surface area contributed by atoms with Crippen LogP contribution < -0.4 is 21.2 Å². The van der Waals surface area contributed by atoms with Crippen molar-refractivity contribution in [2.24, 2.45) is 10.9 Å². The number of rotatable bonds is 13. The maximum absolute atomic E-state index is 13.9. The SMILES string of the molecule is Cc1cc(C)c2cccc(OCc3c(Cl)ccc(S(=O)(=O)N4CCC[C@H]4C(=O)NCCCCNC(=O)c4ccc(C=NN)cc4)c3Cl)c2n1.Cl.Cl. The molecular formula is C35H40Cl4N6O5S. The highest BCUT2D eigenvalue weighted by Crippen LogP contribution is 2.36. The number of halogens is 4. The smallest absolute Gasteiger partial charge is 0.251 e. The predicted molar refractivity (Wildman–Crippen MR) is 206 cm³/mol. The van der Waals surface area contributed by atoms with Gasteiger partial charge in [0.1, 0.15) is 28.8 Å². The standard InChI is InChI=1S/C35H38Cl2N6O5S.2ClH/c1-22-19-23(2)42-33-26(22)7-5-9-30(33)48-21-27-28(36)14-15-31(32(27)37)49(46,47)43-18-6-8-29(43)35(45)40-17-4-3-16-39-34(44)25-12-10-24(11-13-25)20-41-38;;/h5,7,9-15,19-20,29H,3-4,6,8,16-18,21,38H2,1-2H3,(H,39,44)(H,40,45);2*1H/t29-;;/m0../s1.